The molecule has 0 aliphatic heterocycles. The molecule has 0 bridgehead atoms. The van der Waals surface area contributed by atoms with E-state index in [4.69, 9.17) is 0 Å². The van der Waals surface area contributed by atoms with E-state index in [0.29, 0.717) is 0 Å². The molecule has 0 spiro atoms. The van der Waals surface area contributed by atoms with E-state index >= 15 is 0 Å². The minimum atomic E-state index is 0.808. The summed E-state index contributed by atoms with van der Waals surface area (Å²) in [5.74, 6) is 0. The first-order valence-electron chi connectivity index (χ1n) is 13.7. The van der Waals surface area contributed by atoms with E-state index in [0.717, 1.165) is 51.4 Å². The van der Waals surface area contributed by atoms with Gasteiger partial charge in [0.2, 0.25) is 6.41 Å². The first kappa shape index (κ1) is 25.8. The van der Waals surface area contributed by atoms with E-state index in [9.17, 15) is 4.79 Å². The topological polar surface area (TPSA) is 23.6 Å². The fourth-order valence-corrected chi connectivity index (χ4v) is 5.22. The summed E-state index contributed by atoms with van der Waals surface area (Å²) in [6.45, 7) is 0. The van der Waals surface area contributed by atoms with Crippen LogP contribution in [0.2, 0.25) is 0 Å². The zero-order chi connectivity index (χ0) is 28.0. The average molecular weight is 531 g/mol. The van der Waals surface area contributed by atoms with Crippen molar-refractivity contribution in [3.8, 4) is 33.4 Å². The second-order valence-electron chi connectivity index (χ2n) is 9.94. The van der Waals surface area contributed by atoms with Crippen molar-refractivity contribution in [2.75, 3.05) is 16.8 Å². The second-order valence-corrected chi connectivity index (χ2v) is 9.94. The third kappa shape index (κ3) is 5.52. The van der Waals surface area contributed by atoms with Crippen molar-refractivity contribution in [1.29, 1.82) is 0 Å². The van der Waals surface area contributed by atoms with Crippen molar-refractivity contribution in [3.05, 3.63) is 158 Å². The Morgan fingerprint density at radius 1 is 0.415 bits per heavy atom. The summed E-state index contributed by atoms with van der Waals surface area (Å²) in [6.07, 6.45) is 0.891. The summed E-state index contributed by atoms with van der Waals surface area (Å²) < 4.78 is 0. The monoisotopic (exact) mass is 530 g/mol. The van der Waals surface area contributed by atoms with Crippen LogP contribution in [0.3, 0.4) is 0 Å². The maximum absolute atomic E-state index is 12.6. The van der Waals surface area contributed by atoms with Gasteiger partial charge in [0.25, 0.3) is 0 Å². The van der Waals surface area contributed by atoms with Gasteiger partial charge in [0.1, 0.15) is 0 Å². The minimum Gasteiger partial charge on any atom is -0.343 e. The lowest BCUT2D eigenvalue weighted by atomic mass is 9.96. The molecule has 0 saturated carbocycles. The lowest BCUT2D eigenvalue weighted by molar-refractivity contribution is -0.106. The van der Waals surface area contributed by atoms with Crippen molar-refractivity contribution < 1.29 is 4.79 Å². The molecule has 6 aromatic rings. The highest BCUT2D eigenvalue weighted by atomic mass is 16.1. The highest BCUT2D eigenvalue weighted by molar-refractivity contribution is 5.94. The number of hydrogen-bond acceptors (Lipinski definition) is 2. The smallest absolute Gasteiger partial charge is 0.218 e. The minimum absolute atomic E-state index is 0.808. The third-order valence-electron chi connectivity index (χ3n) is 7.37. The van der Waals surface area contributed by atoms with E-state index in [1.54, 1.807) is 4.90 Å². The quantitative estimate of drug-likeness (QED) is 0.183. The van der Waals surface area contributed by atoms with Crippen LogP contribution in [0.1, 0.15) is 0 Å². The molecule has 0 radical (unpaired) electrons. The fourth-order valence-electron chi connectivity index (χ4n) is 5.22. The normalized spacial score (nSPS) is 10.7. The molecule has 6 aromatic carbocycles. The van der Waals surface area contributed by atoms with Crippen LogP contribution in [0.4, 0.5) is 22.7 Å². The number of para-hydroxylation sites is 3. The van der Waals surface area contributed by atoms with E-state index in [1.807, 2.05) is 67.7 Å². The SMILES string of the molecule is CN(c1ccccc1)c1ccccc1N(C=O)c1cccc(-c2cccc(-c3cccc(-c4ccccc4)c3)c2)c1. The van der Waals surface area contributed by atoms with Crippen LogP contribution in [0.25, 0.3) is 33.4 Å². The zero-order valence-electron chi connectivity index (χ0n) is 22.9. The maximum Gasteiger partial charge on any atom is 0.218 e. The van der Waals surface area contributed by atoms with Crippen LogP contribution in [0.15, 0.2) is 158 Å². The summed E-state index contributed by atoms with van der Waals surface area (Å²) in [5.41, 5.74) is 10.5. The summed E-state index contributed by atoms with van der Waals surface area (Å²) in [7, 11) is 2.02. The predicted octanol–water partition coefficient (Wildman–Crippen LogP) is 9.75. The summed E-state index contributed by atoms with van der Waals surface area (Å²) in [4.78, 5) is 16.4. The largest absolute Gasteiger partial charge is 0.343 e. The van der Waals surface area contributed by atoms with Crippen molar-refractivity contribution in [2.45, 2.75) is 0 Å². The number of hydrogen-bond donors (Lipinski definition) is 0. The van der Waals surface area contributed by atoms with Crippen LogP contribution in [0.5, 0.6) is 0 Å². The maximum atomic E-state index is 12.6. The Hall–Kier alpha value is -5.41. The van der Waals surface area contributed by atoms with Gasteiger partial charge >= 0.3 is 0 Å². The van der Waals surface area contributed by atoms with Gasteiger partial charge in [-0.05, 0) is 81.9 Å². The van der Waals surface area contributed by atoms with E-state index in [-0.39, 0.29) is 0 Å². The average Bonchev–Trinajstić information content (AvgIpc) is 3.06. The molecule has 0 fully saturated rings. The van der Waals surface area contributed by atoms with Crippen molar-refractivity contribution in [3.63, 3.8) is 0 Å². The first-order chi connectivity index (χ1) is 20.2. The molecule has 0 saturated heterocycles. The number of nitrogens with zero attached hydrogens (tertiary/aromatic N) is 2. The first-order valence-corrected chi connectivity index (χ1v) is 13.7. The molecule has 3 heteroatoms. The number of carbonyl (C=O) groups is 1. The molecule has 6 rings (SSSR count). The van der Waals surface area contributed by atoms with Crippen molar-refractivity contribution >= 4 is 29.2 Å². The van der Waals surface area contributed by atoms with Gasteiger partial charge in [0.15, 0.2) is 0 Å². The number of carbonyl (C=O) groups excluding carboxylic acids is 1. The molecule has 0 N–H and O–H groups in total. The summed E-state index contributed by atoms with van der Waals surface area (Å²) in [6, 6.07) is 53.9. The van der Waals surface area contributed by atoms with Gasteiger partial charge in [-0.1, -0.05) is 109 Å². The summed E-state index contributed by atoms with van der Waals surface area (Å²) in [5, 5.41) is 0. The Balaban J connectivity index is 1.34. The summed E-state index contributed by atoms with van der Waals surface area (Å²) >= 11 is 0. The highest BCUT2D eigenvalue weighted by Crippen LogP contribution is 2.38. The lowest BCUT2D eigenvalue weighted by Gasteiger charge is -2.27. The molecular weight excluding hydrogens is 500 g/mol. The van der Waals surface area contributed by atoms with Crippen LogP contribution < -0.4 is 9.80 Å². The number of amides is 1. The Kier molecular flexibility index (Phi) is 7.42. The fraction of sp³-hybridized carbons (Fsp3) is 0.0263. The van der Waals surface area contributed by atoms with E-state index in [2.05, 4.69) is 102 Å². The van der Waals surface area contributed by atoms with E-state index in [1.165, 1.54) is 11.1 Å². The number of benzene rings is 6. The highest BCUT2D eigenvalue weighted by Gasteiger charge is 2.17. The predicted molar refractivity (Wildman–Crippen MR) is 172 cm³/mol. The molecule has 1 amide bonds. The molecule has 0 atom stereocenters. The molecule has 3 nitrogen and oxygen atoms in total. The van der Waals surface area contributed by atoms with Gasteiger partial charge in [0.05, 0.1) is 11.4 Å². The van der Waals surface area contributed by atoms with Crippen molar-refractivity contribution in [1.82, 2.24) is 0 Å². The van der Waals surface area contributed by atoms with E-state index < -0.39 is 0 Å². The molecule has 0 heterocycles. The Morgan fingerprint density at radius 2 is 0.829 bits per heavy atom. The van der Waals surface area contributed by atoms with Gasteiger partial charge in [-0.2, -0.15) is 0 Å². The molecule has 198 valence electrons. The molecular formula is C38H30N2O. The number of anilines is 4. The van der Waals surface area contributed by atoms with Crippen molar-refractivity contribution in [2.24, 2.45) is 0 Å². The Bertz CT molecular complexity index is 1780. The molecule has 0 unspecified atom stereocenters. The molecule has 0 aliphatic rings. The van der Waals surface area contributed by atoms with Gasteiger partial charge in [-0.25, -0.2) is 0 Å². The van der Waals surface area contributed by atoms with Gasteiger partial charge < -0.3 is 4.90 Å². The van der Waals surface area contributed by atoms with Gasteiger partial charge in [-0.15, -0.1) is 0 Å². The van der Waals surface area contributed by atoms with Crippen LogP contribution >= 0.6 is 0 Å². The van der Waals surface area contributed by atoms with Crippen LogP contribution in [-0.2, 0) is 4.79 Å². The van der Waals surface area contributed by atoms with Gasteiger partial charge in [0, 0.05) is 18.4 Å². The van der Waals surface area contributed by atoms with Crippen LogP contribution in [0, 0.1) is 0 Å². The van der Waals surface area contributed by atoms with Crippen LogP contribution in [-0.4, -0.2) is 13.5 Å². The zero-order valence-corrected chi connectivity index (χ0v) is 22.9. The lowest BCUT2D eigenvalue weighted by Crippen LogP contribution is -2.19. The molecule has 0 aliphatic carbocycles. The Morgan fingerprint density at radius 3 is 1.41 bits per heavy atom. The standard InChI is InChI=1S/C38H30N2O/c1-39(35-20-6-3-7-21-35)37-23-8-9-24-38(37)40(28-41)36-22-12-19-34(27-36)33-18-11-17-32(26-33)31-16-10-15-30(25-31)29-13-4-2-5-14-29/h2-28H,1H3. The third-order valence-corrected chi connectivity index (χ3v) is 7.37. The van der Waals surface area contributed by atoms with Gasteiger partial charge in [-0.3, -0.25) is 9.69 Å². The molecule has 41 heavy (non-hydrogen) atoms. The molecule has 0 aromatic heterocycles. The Labute approximate surface area is 241 Å². The second kappa shape index (κ2) is 11.8. The number of rotatable bonds is 8.